The first kappa shape index (κ1) is 23.9. The number of nitrogens with one attached hydrogen (secondary N) is 1. The van der Waals surface area contributed by atoms with Crippen molar-refractivity contribution in [3.05, 3.63) is 0 Å². The number of guanidine groups is 1. The second kappa shape index (κ2) is 11.5. The van der Waals surface area contributed by atoms with Crippen LogP contribution in [-0.4, -0.2) is 69.2 Å². The second-order valence-corrected chi connectivity index (χ2v) is 9.30. The summed E-state index contributed by atoms with van der Waals surface area (Å²) in [6, 6.07) is 0. The lowest BCUT2D eigenvalue weighted by atomic mass is 10.2. The van der Waals surface area contributed by atoms with Crippen molar-refractivity contribution in [2.75, 3.05) is 45.1 Å². The number of sulfone groups is 1. The van der Waals surface area contributed by atoms with Gasteiger partial charge in [-0.2, -0.15) is 0 Å². The van der Waals surface area contributed by atoms with Crippen LogP contribution in [0.5, 0.6) is 0 Å². The van der Waals surface area contributed by atoms with Crippen molar-refractivity contribution in [2.45, 2.75) is 51.7 Å². The second-order valence-electron chi connectivity index (χ2n) is 6.56. The zero-order valence-corrected chi connectivity index (χ0v) is 18.7. The summed E-state index contributed by atoms with van der Waals surface area (Å²) in [4.78, 5) is 6.68. The monoisotopic (exact) mass is 475 g/mol. The molecular weight excluding hydrogens is 441 g/mol. The molecule has 0 bridgehead atoms. The largest absolute Gasteiger partial charge is 0.381 e. The summed E-state index contributed by atoms with van der Waals surface area (Å²) in [5.74, 6) is 0.994. The molecule has 0 aromatic rings. The molecule has 6 nitrogen and oxygen atoms in total. The highest BCUT2D eigenvalue weighted by Gasteiger charge is 2.40. The highest BCUT2D eigenvalue weighted by Crippen LogP contribution is 2.23. The van der Waals surface area contributed by atoms with Crippen molar-refractivity contribution in [3.63, 3.8) is 0 Å². The molecular formula is C16H34IN3O3S. The molecule has 144 valence electrons. The van der Waals surface area contributed by atoms with E-state index in [1.807, 2.05) is 6.92 Å². The van der Waals surface area contributed by atoms with Crippen LogP contribution in [0.25, 0.3) is 0 Å². The van der Waals surface area contributed by atoms with Gasteiger partial charge in [-0.25, -0.2) is 8.42 Å². The predicted molar refractivity (Wildman–Crippen MR) is 111 cm³/mol. The van der Waals surface area contributed by atoms with Crippen molar-refractivity contribution < 1.29 is 13.2 Å². The number of aliphatic imine (C=N–C) groups is 1. The van der Waals surface area contributed by atoms with Crippen LogP contribution in [0.1, 0.15) is 47.0 Å². The molecule has 1 fully saturated rings. The zero-order chi connectivity index (χ0) is 17.3. The lowest BCUT2D eigenvalue weighted by molar-refractivity contribution is 0.130. The van der Waals surface area contributed by atoms with E-state index in [1.165, 1.54) is 0 Å². The van der Waals surface area contributed by atoms with Gasteiger partial charge in [0.05, 0.1) is 10.5 Å². The number of hydrogen-bond donors (Lipinski definition) is 1. The lowest BCUT2D eigenvalue weighted by Gasteiger charge is -2.39. The standard InChI is InChI=1S/C16H33N3O3S.HI/c1-5-7-11-22-12-8-9-18-15(17-6-2)19-10-13-23(20,21)16(3,4)14-19;/h5-14H2,1-4H3,(H,17,18);1H. The zero-order valence-electron chi connectivity index (χ0n) is 15.5. The van der Waals surface area contributed by atoms with Crippen molar-refractivity contribution in [2.24, 2.45) is 4.99 Å². The SMILES string of the molecule is CCCCOCCCN=C(NCC)N1CCS(=O)(=O)C(C)(C)C1.I. The fraction of sp³-hybridized carbons (Fsp3) is 0.938. The Balaban J connectivity index is 0.00000529. The highest BCUT2D eigenvalue weighted by molar-refractivity contribution is 14.0. The van der Waals surface area contributed by atoms with Gasteiger partial charge >= 0.3 is 0 Å². The third-order valence-corrected chi connectivity index (χ3v) is 6.56. The highest BCUT2D eigenvalue weighted by atomic mass is 127. The van der Waals surface area contributed by atoms with E-state index >= 15 is 0 Å². The van der Waals surface area contributed by atoms with Crippen molar-refractivity contribution in [3.8, 4) is 0 Å². The lowest BCUT2D eigenvalue weighted by Crippen LogP contribution is -2.57. The molecule has 1 aliphatic rings. The topological polar surface area (TPSA) is 71.0 Å². The Morgan fingerprint density at radius 3 is 2.50 bits per heavy atom. The number of unbranched alkanes of at least 4 members (excludes halogenated alkanes) is 1. The fourth-order valence-corrected chi connectivity index (χ4v) is 3.82. The normalized spacial score (nSPS) is 19.7. The van der Waals surface area contributed by atoms with Crippen LogP contribution in [0.2, 0.25) is 0 Å². The number of ether oxygens (including phenoxy) is 1. The van der Waals surface area contributed by atoms with Gasteiger partial charge in [-0.05, 0) is 33.6 Å². The molecule has 0 aliphatic carbocycles. The van der Waals surface area contributed by atoms with Gasteiger partial charge in [0.15, 0.2) is 15.8 Å². The molecule has 1 N–H and O–H groups in total. The summed E-state index contributed by atoms with van der Waals surface area (Å²) >= 11 is 0. The van der Waals surface area contributed by atoms with Gasteiger partial charge in [0.25, 0.3) is 0 Å². The Hall–Kier alpha value is -0.0900. The molecule has 1 rings (SSSR count). The minimum atomic E-state index is -3.02. The van der Waals surface area contributed by atoms with Gasteiger partial charge in [-0.1, -0.05) is 13.3 Å². The van der Waals surface area contributed by atoms with Crippen LogP contribution in [0.15, 0.2) is 4.99 Å². The Labute approximate surface area is 164 Å². The Bertz CT molecular complexity index is 481. The van der Waals surface area contributed by atoms with E-state index in [4.69, 9.17) is 4.74 Å². The third-order valence-electron chi connectivity index (χ3n) is 4.03. The minimum Gasteiger partial charge on any atom is -0.381 e. The molecule has 1 heterocycles. The molecule has 1 aliphatic heterocycles. The molecule has 0 atom stereocenters. The van der Waals surface area contributed by atoms with Crippen LogP contribution in [-0.2, 0) is 14.6 Å². The first-order valence-electron chi connectivity index (χ1n) is 8.67. The van der Waals surface area contributed by atoms with E-state index in [2.05, 4.69) is 22.1 Å². The first-order chi connectivity index (χ1) is 10.8. The van der Waals surface area contributed by atoms with Crippen molar-refractivity contribution in [1.82, 2.24) is 10.2 Å². The van der Waals surface area contributed by atoms with Gasteiger partial charge in [0, 0.05) is 39.4 Å². The van der Waals surface area contributed by atoms with Crippen molar-refractivity contribution >= 4 is 39.8 Å². The predicted octanol–water partition coefficient (Wildman–Crippen LogP) is 2.29. The number of hydrogen-bond acceptors (Lipinski definition) is 4. The molecule has 1 saturated heterocycles. The van der Waals surface area contributed by atoms with E-state index in [0.29, 0.717) is 19.6 Å². The maximum atomic E-state index is 12.1. The summed E-state index contributed by atoms with van der Waals surface area (Å²) in [5, 5.41) is 3.27. The average Bonchev–Trinajstić information content (AvgIpc) is 2.48. The van der Waals surface area contributed by atoms with E-state index in [9.17, 15) is 8.42 Å². The van der Waals surface area contributed by atoms with Crippen molar-refractivity contribution in [1.29, 1.82) is 0 Å². The molecule has 0 amide bonds. The van der Waals surface area contributed by atoms with E-state index in [1.54, 1.807) is 13.8 Å². The van der Waals surface area contributed by atoms with Crippen LogP contribution < -0.4 is 5.32 Å². The minimum absolute atomic E-state index is 0. The summed E-state index contributed by atoms with van der Waals surface area (Å²) < 4.78 is 29.0. The molecule has 0 radical (unpaired) electrons. The smallest absolute Gasteiger partial charge is 0.193 e. The quantitative estimate of drug-likeness (QED) is 0.253. The van der Waals surface area contributed by atoms with Crippen LogP contribution in [0.3, 0.4) is 0 Å². The maximum Gasteiger partial charge on any atom is 0.193 e. The summed E-state index contributed by atoms with van der Waals surface area (Å²) in [6.07, 6.45) is 3.13. The number of nitrogens with zero attached hydrogens (tertiary/aromatic N) is 2. The third kappa shape index (κ3) is 7.43. The van der Waals surface area contributed by atoms with Crippen LogP contribution in [0.4, 0.5) is 0 Å². The molecule has 0 aromatic carbocycles. The van der Waals surface area contributed by atoms with Gasteiger partial charge < -0.3 is 15.0 Å². The molecule has 0 saturated carbocycles. The van der Waals surface area contributed by atoms with Crippen LogP contribution in [0, 0.1) is 0 Å². The van der Waals surface area contributed by atoms with Gasteiger partial charge in [-0.15, -0.1) is 24.0 Å². The Morgan fingerprint density at radius 1 is 1.25 bits per heavy atom. The van der Waals surface area contributed by atoms with Gasteiger partial charge in [0.2, 0.25) is 0 Å². The number of rotatable bonds is 8. The van der Waals surface area contributed by atoms with Gasteiger partial charge in [0.1, 0.15) is 0 Å². The van der Waals surface area contributed by atoms with E-state index in [-0.39, 0.29) is 29.7 Å². The Kier molecular flexibility index (Phi) is 11.5. The molecule has 0 unspecified atom stereocenters. The maximum absolute atomic E-state index is 12.1. The molecule has 0 aromatic heterocycles. The van der Waals surface area contributed by atoms with Gasteiger partial charge in [-0.3, -0.25) is 4.99 Å². The summed E-state index contributed by atoms with van der Waals surface area (Å²) in [7, 11) is -3.02. The summed E-state index contributed by atoms with van der Waals surface area (Å²) in [6.45, 7) is 11.7. The molecule has 24 heavy (non-hydrogen) atoms. The first-order valence-corrected chi connectivity index (χ1v) is 10.3. The average molecular weight is 475 g/mol. The fourth-order valence-electron chi connectivity index (χ4n) is 2.45. The molecule has 0 spiro atoms. The summed E-state index contributed by atoms with van der Waals surface area (Å²) in [5.41, 5.74) is 0. The Morgan fingerprint density at radius 2 is 1.92 bits per heavy atom. The van der Waals surface area contributed by atoms with E-state index < -0.39 is 14.6 Å². The van der Waals surface area contributed by atoms with Crippen LogP contribution >= 0.6 is 24.0 Å². The molecule has 8 heteroatoms. The van der Waals surface area contributed by atoms with E-state index in [0.717, 1.165) is 45.0 Å². The number of halogens is 1.